The second-order valence-electron chi connectivity index (χ2n) is 5.87. The fraction of sp³-hybridized carbons (Fsp3) is 0.211. The van der Waals surface area contributed by atoms with E-state index in [4.69, 9.17) is 0 Å². The van der Waals surface area contributed by atoms with Gasteiger partial charge in [-0.1, -0.05) is 42.5 Å². The molecule has 1 N–H and O–H groups in total. The maximum atomic E-state index is 12.7. The number of aromatic nitrogens is 2. The normalized spacial score (nSPS) is 12.1. The van der Waals surface area contributed by atoms with E-state index in [1.54, 1.807) is 31.3 Å². The van der Waals surface area contributed by atoms with E-state index in [1.807, 2.05) is 38.1 Å². The van der Waals surface area contributed by atoms with Gasteiger partial charge in [-0.05, 0) is 31.0 Å². The van der Waals surface area contributed by atoms with Gasteiger partial charge in [0, 0.05) is 12.4 Å². The summed E-state index contributed by atoms with van der Waals surface area (Å²) in [7, 11) is 1.55. The molecule has 0 aliphatic rings. The van der Waals surface area contributed by atoms with Gasteiger partial charge in [0.15, 0.2) is 5.69 Å². The Morgan fingerprint density at radius 2 is 1.71 bits per heavy atom. The molecule has 1 atom stereocenters. The molecule has 1 amide bonds. The van der Waals surface area contributed by atoms with Crippen molar-refractivity contribution in [1.29, 1.82) is 0 Å². The zero-order valence-corrected chi connectivity index (χ0v) is 13.9. The Bertz CT molecular complexity index is 976. The van der Waals surface area contributed by atoms with Gasteiger partial charge in [0.2, 0.25) is 0 Å². The van der Waals surface area contributed by atoms with Crippen LogP contribution in [0.1, 0.15) is 34.6 Å². The number of fused-ring (bicyclic) bond motifs is 1. The fourth-order valence-electron chi connectivity index (χ4n) is 2.88. The van der Waals surface area contributed by atoms with Crippen molar-refractivity contribution < 1.29 is 4.79 Å². The fourth-order valence-corrected chi connectivity index (χ4v) is 2.88. The van der Waals surface area contributed by atoms with Crippen molar-refractivity contribution in [2.24, 2.45) is 7.05 Å². The second-order valence-corrected chi connectivity index (χ2v) is 5.87. The minimum atomic E-state index is -0.294. The van der Waals surface area contributed by atoms with E-state index in [2.05, 4.69) is 10.4 Å². The van der Waals surface area contributed by atoms with E-state index >= 15 is 0 Å². The number of benzene rings is 2. The van der Waals surface area contributed by atoms with Crippen molar-refractivity contribution in [3.8, 4) is 0 Å². The molecule has 1 heterocycles. The molecular weight excluding hydrogens is 302 g/mol. The van der Waals surface area contributed by atoms with E-state index in [0.717, 1.165) is 11.1 Å². The van der Waals surface area contributed by atoms with Crippen molar-refractivity contribution in [2.75, 3.05) is 0 Å². The van der Waals surface area contributed by atoms with Crippen LogP contribution in [0.3, 0.4) is 0 Å². The molecular formula is C19H19N3O2. The average Bonchev–Trinajstić information content (AvgIpc) is 2.58. The first-order chi connectivity index (χ1) is 11.5. The van der Waals surface area contributed by atoms with Crippen molar-refractivity contribution >= 4 is 16.7 Å². The largest absolute Gasteiger partial charge is 0.344 e. The van der Waals surface area contributed by atoms with Crippen LogP contribution in [0, 0.1) is 6.92 Å². The Labute approximate surface area is 139 Å². The Balaban J connectivity index is 1.99. The van der Waals surface area contributed by atoms with Gasteiger partial charge in [-0.25, -0.2) is 4.68 Å². The number of carbonyl (C=O) groups is 1. The summed E-state index contributed by atoms with van der Waals surface area (Å²) in [6.45, 7) is 3.95. The predicted octanol–water partition coefficient (Wildman–Crippen LogP) is 2.73. The van der Waals surface area contributed by atoms with Crippen LogP contribution in [0.4, 0.5) is 0 Å². The molecule has 1 aromatic heterocycles. The summed E-state index contributed by atoms with van der Waals surface area (Å²) in [4.78, 5) is 24.9. The molecule has 2 aromatic carbocycles. The monoisotopic (exact) mass is 321 g/mol. The van der Waals surface area contributed by atoms with E-state index in [1.165, 1.54) is 4.68 Å². The summed E-state index contributed by atoms with van der Waals surface area (Å²) in [5.41, 5.74) is 2.21. The van der Waals surface area contributed by atoms with Crippen LogP contribution in [-0.4, -0.2) is 15.7 Å². The van der Waals surface area contributed by atoms with Crippen LogP contribution < -0.4 is 10.9 Å². The molecule has 0 fully saturated rings. The third kappa shape index (κ3) is 2.80. The van der Waals surface area contributed by atoms with E-state index in [9.17, 15) is 9.59 Å². The lowest BCUT2D eigenvalue weighted by atomic mass is 10.0. The third-order valence-corrected chi connectivity index (χ3v) is 4.17. The summed E-state index contributed by atoms with van der Waals surface area (Å²) >= 11 is 0. The van der Waals surface area contributed by atoms with E-state index in [0.29, 0.717) is 10.8 Å². The first-order valence-corrected chi connectivity index (χ1v) is 7.81. The Morgan fingerprint density at radius 3 is 2.42 bits per heavy atom. The molecule has 0 spiro atoms. The first-order valence-electron chi connectivity index (χ1n) is 7.81. The summed E-state index contributed by atoms with van der Waals surface area (Å²) in [6.07, 6.45) is 0. The Morgan fingerprint density at radius 1 is 1.08 bits per heavy atom. The molecule has 122 valence electrons. The van der Waals surface area contributed by atoms with Gasteiger partial charge in [0.1, 0.15) is 0 Å². The minimum Gasteiger partial charge on any atom is -0.344 e. The first kappa shape index (κ1) is 15.9. The molecule has 0 radical (unpaired) electrons. The Kier molecular flexibility index (Phi) is 4.16. The molecule has 5 nitrogen and oxygen atoms in total. The zero-order chi connectivity index (χ0) is 17.3. The third-order valence-electron chi connectivity index (χ3n) is 4.17. The number of rotatable bonds is 3. The molecule has 3 rings (SSSR count). The number of nitrogens with zero attached hydrogens (tertiary/aromatic N) is 2. The highest BCUT2D eigenvalue weighted by atomic mass is 16.2. The standard InChI is InChI=1S/C19H19N3O2/c1-12-8-4-5-9-14(12)13(2)20-18(23)17-15-10-6-7-11-16(15)19(24)22(3)21-17/h4-11,13H,1-3H3,(H,20,23)/t13-/m1/s1. The Hall–Kier alpha value is -2.95. The molecule has 0 unspecified atom stereocenters. The summed E-state index contributed by atoms with van der Waals surface area (Å²) < 4.78 is 1.20. The summed E-state index contributed by atoms with van der Waals surface area (Å²) in [5, 5.41) is 8.19. The smallest absolute Gasteiger partial charge is 0.274 e. The van der Waals surface area contributed by atoms with Crippen LogP contribution in [0.2, 0.25) is 0 Å². The maximum Gasteiger partial charge on any atom is 0.274 e. The number of nitrogens with one attached hydrogen (secondary N) is 1. The van der Waals surface area contributed by atoms with Crippen LogP contribution in [0.25, 0.3) is 10.8 Å². The highest BCUT2D eigenvalue weighted by Crippen LogP contribution is 2.18. The number of hydrogen-bond donors (Lipinski definition) is 1. The van der Waals surface area contributed by atoms with Crippen LogP contribution in [-0.2, 0) is 7.05 Å². The van der Waals surface area contributed by atoms with E-state index in [-0.39, 0.29) is 23.2 Å². The lowest BCUT2D eigenvalue weighted by molar-refractivity contribution is 0.0934. The zero-order valence-electron chi connectivity index (χ0n) is 13.9. The molecule has 0 saturated heterocycles. The second kappa shape index (κ2) is 6.28. The highest BCUT2D eigenvalue weighted by Gasteiger charge is 2.18. The van der Waals surface area contributed by atoms with Crippen LogP contribution in [0.15, 0.2) is 53.3 Å². The van der Waals surface area contributed by atoms with Crippen LogP contribution in [0.5, 0.6) is 0 Å². The predicted molar refractivity (Wildman–Crippen MR) is 94.0 cm³/mol. The summed E-state index contributed by atoms with van der Waals surface area (Å²) in [5.74, 6) is -0.294. The molecule has 5 heteroatoms. The van der Waals surface area contributed by atoms with Crippen molar-refractivity contribution in [2.45, 2.75) is 19.9 Å². The average molecular weight is 321 g/mol. The van der Waals surface area contributed by atoms with Crippen LogP contribution >= 0.6 is 0 Å². The van der Waals surface area contributed by atoms with Crippen molar-refractivity contribution in [3.63, 3.8) is 0 Å². The lowest BCUT2D eigenvalue weighted by Gasteiger charge is -2.17. The van der Waals surface area contributed by atoms with Gasteiger partial charge in [0.05, 0.1) is 11.4 Å². The number of amides is 1. The van der Waals surface area contributed by atoms with Gasteiger partial charge in [0.25, 0.3) is 11.5 Å². The van der Waals surface area contributed by atoms with Crippen molar-refractivity contribution in [3.05, 3.63) is 75.7 Å². The minimum absolute atomic E-state index is 0.156. The van der Waals surface area contributed by atoms with Gasteiger partial charge in [-0.2, -0.15) is 5.10 Å². The maximum absolute atomic E-state index is 12.7. The highest BCUT2D eigenvalue weighted by molar-refractivity contribution is 6.04. The van der Waals surface area contributed by atoms with Gasteiger partial charge >= 0.3 is 0 Å². The molecule has 3 aromatic rings. The van der Waals surface area contributed by atoms with Gasteiger partial charge < -0.3 is 5.32 Å². The van der Waals surface area contributed by atoms with Crippen molar-refractivity contribution in [1.82, 2.24) is 15.1 Å². The SMILES string of the molecule is Cc1ccccc1[C@@H](C)NC(=O)c1nn(C)c(=O)c2ccccc12. The quantitative estimate of drug-likeness (QED) is 0.807. The lowest BCUT2D eigenvalue weighted by Crippen LogP contribution is -2.31. The molecule has 0 aliphatic heterocycles. The molecule has 0 saturated carbocycles. The summed E-state index contributed by atoms with van der Waals surface area (Å²) in [6, 6.07) is 14.8. The molecule has 24 heavy (non-hydrogen) atoms. The number of carbonyl (C=O) groups excluding carboxylic acids is 1. The molecule has 0 aliphatic carbocycles. The topological polar surface area (TPSA) is 64.0 Å². The molecule has 0 bridgehead atoms. The van der Waals surface area contributed by atoms with Gasteiger partial charge in [-0.3, -0.25) is 9.59 Å². The number of aryl methyl sites for hydroxylation is 2. The van der Waals surface area contributed by atoms with Gasteiger partial charge in [-0.15, -0.1) is 0 Å². The van der Waals surface area contributed by atoms with E-state index < -0.39 is 0 Å². The number of hydrogen-bond acceptors (Lipinski definition) is 3.